The molecule has 1 rings (SSSR count). The van der Waals surface area contributed by atoms with Crippen molar-refractivity contribution in [3.05, 3.63) is 38.3 Å². The maximum absolute atomic E-state index is 12.6. The van der Waals surface area contributed by atoms with Crippen molar-refractivity contribution in [3.63, 3.8) is 0 Å². The van der Waals surface area contributed by atoms with E-state index in [0.29, 0.717) is 16.6 Å². The van der Waals surface area contributed by atoms with Crippen molar-refractivity contribution in [2.24, 2.45) is 0 Å². The van der Waals surface area contributed by atoms with Crippen LogP contribution < -0.4 is 0 Å². The average molecular weight is 357 g/mol. The summed E-state index contributed by atoms with van der Waals surface area (Å²) in [5, 5.41) is 11.0. The summed E-state index contributed by atoms with van der Waals surface area (Å²) in [5.74, 6) is -0.156. The Hall–Kier alpha value is -1.43. The van der Waals surface area contributed by atoms with E-state index in [1.165, 1.54) is 6.07 Å². The summed E-state index contributed by atoms with van der Waals surface area (Å²) in [6.07, 6.45) is 3.10. The lowest BCUT2D eigenvalue weighted by Gasteiger charge is -2.27. The lowest BCUT2D eigenvalue weighted by molar-refractivity contribution is -0.385. The highest BCUT2D eigenvalue weighted by Crippen LogP contribution is 2.26. The van der Waals surface area contributed by atoms with Gasteiger partial charge in [0, 0.05) is 24.2 Å². The fraction of sp³-hybridized carbons (Fsp3) is 0.533. The molecule has 0 aliphatic rings. The predicted octanol–water partition coefficient (Wildman–Crippen LogP) is 4.40. The Morgan fingerprint density at radius 3 is 2.57 bits per heavy atom. The van der Waals surface area contributed by atoms with E-state index in [2.05, 4.69) is 22.9 Å². The zero-order valence-corrected chi connectivity index (χ0v) is 14.2. The second-order valence-electron chi connectivity index (χ2n) is 5.22. The highest BCUT2D eigenvalue weighted by molar-refractivity contribution is 9.10. The average Bonchev–Trinajstić information content (AvgIpc) is 2.42. The molecule has 1 aromatic carbocycles. The third-order valence-electron chi connectivity index (χ3n) is 3.28. The van der Waals surface area contributed by atoms with Crippen LogP contribution in [0, 0.1) is 10.1 Å². The predicted molar refractivity (Wildman–Crippen MR) is 86.5 cm³/mol. The molecule has 0 saturated carbocycles. The Kier molecular flexibility index (Phi) is 6.81. The van der Waals surface area contributed by atoms with Crippen molar-refractivity contribution in [1.29, 1.82) is 0 Å². The molecule has 0 saturated heterocycles. The molecular formula is C15H21BrN2O3. The van der Waals surface area contributed by atoms with E-state index in [9.17, 15) is 14.9 Å². The van der Waals surface area contributed by atoms with E-state index in [-0.39, 0.29) is 17.6 Å². The summed E-state index contributed by atoms with van der Waals surface area (Å²) in [6.45, 7) is 6.70. The molecule has 0 aliphatic heterocycles. The molecule has 0 aromatic heterocycles. The molecule has 0 unspecified atom stereocenters. The number of rotatable bonds is 7. The van der Waals surface area contributed by atoms with E-state index in [1.54, 1.807) is 17.0 Å². The van der Waals surface area contributed by atoms with E-state index < -0.39 is 4.92 Å². The van der Waals surface area contributed by atoms with Gasteiger partial charge in [0.1, 0.15) is 0 Å². The van der Waals surface area contributed by atoms with E-state index >= 15 is 0 Å². The highest BCUT2D eigenvalue weighted by Gasteiger charge is 2.21. The third-order valence-corrected chi connectivity index (χ3v) is 3.95. The fourth-order valence-electron chi connectivity index (χ4n) is 2.08. The molecule has 0 radical (unpaired) electrons. The van der Waals surface area contributed by atoms with Crippen LogP contribution in [0.2, 0.25) is 0 Å². The number of hydrogen-bond acceptors (Lipinski definition) is 3. The SMILES string of the molecule is CCCCCN(C(=O)c1ccc(Br)c([N+](=O)[O-])c1)C(C)C. The van der Waals surface area contributed by atoms with Gasteiger partial charge in [-0.25, -0.2) is 0 Å². The van der Waals surface area contributed by atoms with Gasteiger partial charge in [0.15, 0.2) is 0 Å². The van der Waals surface area contributed by atoms with Gasteiger partial charge in [-0.05, 0) is 48.3 Å². The Morgan fingerprint density at radius 1 is 1.38 bits per heavy atom. The Balaban J connectivity index is 2.98. The molecule has 1 amide bonds. The van der Waals surface area contributed by atoms with E-state index in [4.69, 9.17) is 0 Å². The van der Waals surface area contributed by atoms with Gasteiger partial charge in [-0.15, -0.1) is 0 Å². The van der Waals surface area contributed by atoms with E-state index in [0.717, 1.165) is 19.3 Å². The summed E-state index contributed by atoms with van der Waals surface area (Å²) in [6, 6.07) is 4.57. The molecule has 0 spiro atoms. The number of unbranched alkanes of at least 4 members (excludes halogenated alkanes) is 2. The maximum atomic E-state index is 12.6. The molecule has 0 aliphatic carbocycles. The van der Waals surface area contributed by atoms with Gasteiger partial charge in [0.2, 0.25) is 0 Å². The standard InChI is InChI=1S/C15H21BrN2O3/c1-4-5-6-9-17(11(2)3)15(19)12-7-8-13(16)14(10-12)18(20)21/h7-8,10-11H,4-6,9H2,1-3H3. The van der Waals surface area contributed by atoms with Crippen molar-refractivity contribution in [2.75, 3.05) is 6.54 Å². The minimum absolute atomic E-state index is 0.0667. The molecule has 0 N–H and O–H groups in total. The van der Waals surface area contributed by atoms with Crippen LogP contribution in [0.5, 0.6) is 0 Å². The van der Waals surface area contributed by atoms with Crippen molar-refractivity contribution in [3.8, 4) is 0 Å². The monoisotopic (exact) mass is 356 g/mol. The van der Waals surface area contributed by atoms with Crippen molar-refractivity contribution >= 4 is 27.5 Å². The smallest absolute Gasteiger partial charge is 0.284 e. The third kappa shape index (κ3) is 4.81. The van der Waals surface area contributed by atoms with Gasteiger partial charge in [0.25, 0.3) is 11.6 Å². The molecule has 6 heteroatoms. The van der Waals surface area contributed by atoms with Gasteiger partial charge < -0.3 is 4.90 Å². The van der Waals surface area contributed by atoms with Crippen LogP contribution in [0.25, 0.3) is 0 Å². The number of carbonyl (C=O) groups is 1. The Bertz CT molecular complexity index is 518. The van der Waals surface area contributed by atoms with Crippen LogP contribution in [-0.4, -0.2) is 28.3 Å². The number of nitro groups is 1. The topological polar surface area (TPSA) is 63.5 Å². The quantitative estimate of drug-likeness (QED) is 0.413. The maximum Gasteiger partial charge on any atom is 0.284 e. The molecule has 0 bridgehead atoms. The Morgan fingerprint density at radius 2 is 2.05 bits per heavy atom. The summed E-state index contributed by atoms with van der Waals surface area (Å²) >= 11 is 3.13. The summed E-state index contributed by atoms with van der Waals surface area (Å²) in [4.78, 5) is 24.8. The lowest BCUT2D eigenvalue weighted by atomic mass is 10.1. The first-order valence-corrected chi connectivity index (χ1v) is 7.92. The van der Waals surface area contributed by atoms with Crippen LogP contribution in [0.15, 0.2) is 22.7 Å². The second-order valence-corrected chi connectivity index (χ2v) is 6.08. The molecule has 0 heterocycles. The first kappa shape index (κ1) is 17.6. The highest BCUT2D eigenvalue weighted by atomic mass is 79.9. The Labute approximate surface area is 133 Å². The van der Waals surface area contributed by atoms with Gasteiger partial charge in [-0.2, -0.15) is 0 Å². The normalized spacial score (nSPS) is 10.7. The molecule has 5 nitrogen and oxygen atoms in total. The van der Waals surface area contributed by atoms with Crippen LogP contribution >= 0.6 is 15.9 Å². The van der Waals surface area contributed by atoms with Crippen LogP contribution in [0.1, 0.15) is 50.4 Å². The fourth-order valence-corrected chi connectivity index (χ4v) is 2.47. The second kappa shape index (κ2) is 8.12. The summed E-state index contributed by atoms with van der Waals surface area (Å²) in [7, 11) is 0. The zero-order chi connectivity index (χ0) is 16.0. The van der Waals surface area contributed by atoms with Gasteiger partial charge >= 0.3 is 0 Å². The number of halogens is 1. The molecule has 0 fully saturated rings. The molecule has 1 aromatic rings. The van der Waals surface area contributed by atoms with Crippen LogP contribution in [0.3, 0.4) is 0 Å². The van der Waals surface area contributed by atoms with Crippen molar-refractivity contribution in [2.45, 2.75) is 46.1 Å². The largest absolute Gasteiger partial charge is 0.336 e. The first-order valence-electron chi connectivity index (χ1n) is 7.13. The number of amides is 1. The zero-order valence-electron chi connectivity index (χ0n) is 12.6. The lowest BCUT2D eigenvalue weighted by Crippen LogP contribution is -2.37. The molecular weight excluding hydrogens is 336 g/mol. The number of carbonyl (C=O) groups excluding carboxylic acids is 1. The van der Waals surface area contributed by atoms with Crippen molar-refractivity contribution < 1.29 is 9.72 Å². The van der Waals surface area contributed by atoms with Crippen LogP contribution in [-0.2, 0) is 0 Å². The number of benzene rings is 1. The minimum Gasteiger partial charge on any atom is -0.336 e. The van der Waals surface area contributed by atoms with Crippen LogP contribution in [0.4, 0.5) is 5.69 Å². The number of nitrogens with zero attached hydrogens (tertiary/aromatic N) is 2. The van der Waals surface area contributed by atoms with Gasteiger partial charge in [-0.3, -0.25) is 14.9 Å². The van der Waals surface area contributed by atoms with E-state index in [1.807, 2.05) is 13.8 Å². The van der Waals surface area contributed by atoms with Crippen molar-refractivity contribution in [1.82, 2.24) is 4.90 Å². The number of nitro benzene ring substituents is 1. The minimum atomic E-state index is -0.488. The summed E-state index contributed by atoms with van der Waals surface area (Å²) < 4.78 is 0.381. The summed E-state index contributed by atoms with van der Waals surface area (Å²) in [5.41, 5.74) is 0.271. The number of hydrogen-bond donors (Lipinski definition) is 0. The molecule has 0 atom stereocenters. The molecule has 21 heavy (non-hydrogen) atoms. The molecule has 116 valence electrons. The van der Waals surface area contributed by atoms with Gasteiger partial charge in [0.05, 0.1) is 9.40 Å². The van der Waals surface area contributed by atoms with Gasteiger partial charge in [-0.1, -0.05) is 19.8 Å². The first-order chi connectivity index (χ1) is 9.88.